The number of benzene rings is 1. The molecule has 0 saturated heterocycles. The minimum absolute atomic E-state index is 0.652. The lowest BCUT2D eigenvalue weighted by Gasteiger charge is -2.17. The molecule has 1 aromatic carbocycles. The molecule has 0 fully saturated rings. The third kappa shape index (κ3) is 3.18. The zero-order valence-corrected chi connectivity index (χ0v) is 9.22. The number of halogens is 5. The first-order valence-electron chi connectivity index (χ1n) is 4.80. The van der Waals surface area contributed by atoms with E-state index >= 15 is 0 Å². The van der Waals surface area contributed by atoms with E-state index in [1.165, 1.54) is 6.07 Å². The van der Waals surface area contributed by atoms with Gasteiger partial charge < -0.3 is 4.74 Å². The number of esters is 1. The Hall–Kier alpha value is -1.66. The first kappa shape index (κ1) is 14.4. The topological polar surface area (TPSA) is 26.3 Å². The summed E-state index contributed by atoms with van der Waals surface area (Å²) in [5.41, 5.74) is -1.84. The highest BCUT2D eigenvalue weighted by atomic mass is 19.4. The standard InChI is InChI=1S/C11H9F5O2/c1-18-9(17)10(12,13)6-7-4-2-3-5-8(7)11(14,15)16/h2-5H,6H2,1H3. The molecule has 0 aliphatic heterocycles. The maximum atomic E-state index is 13.2. The number of hydrogen-bond donors (Lipinski definition) is 0. The summed E-state index contributed by atoms with van der Waals surface area (Å²) in [5.74, 6) is -5.85. The van der Waals surface area contributed by atoms with Crippen molar-refractivity contribution in [2.24, 2.45) is 0 Å². The van der Waals surface area contributed by atoms with Crippen molar-refractivity contribution >= 4 is 5.97 Å². The van der Waals surface area contributed by atoms with Crippen LogP contribution in [-0.4, -0.2) is 19.0 Å². The van der Waals surface area contributed by atoms with E-state index in [-0.39, 0.29) is 0 Å². The fourth-order valence-corrected chi connectivity index (χ4v) is 1.41. The molecule has 1 aromatic rings. The van der Waals surface area contributed by atoms with Crippen molar-refractivity contribution in [3.05, 3.63) is 35.4 Å². The monoisotopic (exact) mass is 268 g/mol. The Morgan fingerprint density at radius 1 is 1.17 bits per heavy atom. The zero-order valence-electron chi connectivity index (χ0n) is 9.22. The van der Waals surface area contributed by atoms with Crippen LogP contribution in [0.4, 0.5) is 22.0 Å². The van der Waals surface area contributed by atoms with E-state index in [4.69, 9.17) is 0 Å². The van der Waals surface area contributed by atoms with Gasteiger partial charge in [0.15, 0.2) is 0 Å². The molecule has 0 atom stereocenters. The molecule has 0 saturated carbocycles. The van der Waals surface area contributed by atoms with Gasteiger partial charge in [0.25, 0.3) is 0 Å². The van der Waals surface area contributed by atoms with Gasteiger partial charge in [-0.25, -0.2) is 4.79 Å². The molecule has 0 spiro atoms. The summed E-state index contributed by atoms with van der Waals surface area (Å²) in [5, 5.41) is 0. The first-order valence-corrected chi connectivity index (χ1v) is 4.80. The Kier molecular flexibility index (Phi) is 3.93. The van der Waals surface area contributed by atoms with Gasteiger partial charge in [-0.1, -0.05) is 18.2 Å². The largest absolute Gasteiger partial charge is 0.465 e. The van der Waals surface area contributed by atoms with Crippen molar-refractivity contribution in [3.63, 3.8) is 0 Å². The average Bonchev–Trinajstić information content (AvgIpc) is 2.26. The number of hydrogen-bond acceptors (Lipinski definition) is 2. The molecule has 0 amide bonds. The van der Waals surface area contributed by atoms with Crippen LogP contribution in [0.2, 0.25) is 0 Å². The van der Waals surface area contributed by atoms with Crippen molar-refractivity contribution in [1.29, 1.82) is 0 Å². The number of alkyl halides is 5. The van der Waals surface area contributed by atoms with E-state index < -0.39 is 35.6 Å². The van der Waals surface area contributed by atoms with Gasteiger partial charge in [-0.05, 0) is 11.6 Å². The minimum Gasteiger partial charge on any atom is -0.465 e. The molecule has 0 bridgehead atoms. The molecule has 0 aromatic heterocycles. The molecule has 0 heterocycles. The second kappa shape index (κ2) is 4.91. The van der Waals surface area contributed by atoms with E-state index in [2.05, 4.69) is 4.74 Å². The third-order valence-corrected chi connectivity index (χ3v) is 2.22. The van der Waals surface area contributed by atoms with Gasteiger partial charge in [-0.15, -0.1) is 0 Å². The second-order valence-electron chi connectivity index (χ2n) is 3.53. The zero-order chi connectivity index (χ0) is 14.0. The summed E-state index contributed by atoms with van der Waals surface area (Å²) in [6.07, 6.45) is -6.10. The minimum atomic E-state index is -4.75. The van der Waals surface area contributed by atoms with Gasteiger partial charge in [-0.3, -0.25) is 0 Å². The van der Waals surface area contributed by atoms with E-state index in [0.717, 1.165) is 19.2 Å². The smallest absolute Gasteiger partial charge is 0.416 e. The van der Waals surface area contributed by atoms with Crippen LogP contribution in [-0.2, 0) is 22.1 Å². The fourth-order valence-electron chi connectivity index (χ4n) is 1.41. The molecule has 0 N–H and O–H groups in total. The van der Waals surface area contributed by atoms with Crippen molar-refractivity contribution in [2.75, 3.05) is 7.11 Å². The van der Waals surface area contributed by atoms with Gasteiger partial charge in [-0.2, -0.15) is 22.0 Å². The summed E-state index contributed by atoms with van der Waals surface area (Å²) >= 11 is 0. The Morgan fingerprint density at radius 2 is 1.72 bits per heavy atom. The molecular weight excluding hydrogens is 259 g/mol. The van der Waals surface area contributed by atoms with Gasteiger partial charge >= 0.3 is 18.1 Å². The van der Waals surface area contributed by atoms with Crippen LogP contribution < -0.4 is 0 Å². The summed E-state index contributed by atoms with van der Waals surface area (Å²) in [6, 6.07) is 3.86. The molecule has 7 heteroatoms. The lowest BCUT2D eigenvalue weighted by molar-refractivity contribution is -0.169. The van der Waals surface area contributed by atoms with Crippen molar-refractivity contribution < 1.29 is 31.5 Å². The lowest BCUT2D eigenvalue weighted by Crippen LogP contribution is -2.33. The average molecular weight is 268 g/mol. The van der Waals surface area contributed by atoms with Crippen LogP contribution in [0.5, 0.6) is 0 Å². The second-order valence-corrected chi connectivity index (χ2v) is 3.53. The van der Waals surface area contributed by atoms with Crippen LogP contribution >= 0.6 is 0 Å². The van der Waals surface area contributed by atoms with Gasteiger partial charge in [0, 0.05) is 6.42 Å². The molecule has 0 aliphatic carbocycles. The summed E-state index contributed by atoms with van der Waals surface area (Å²) in [4.78, 5) is 10.7. The predicted octanol–water partition coefficient (Wildman–Crippen LogP) is 3.06. The predicted molar refractivity (Wildman–Crippen MR) is 52.1 cm³/mol. The van der Waals surface area contributed by atoms with Crippen LogP contribution in [0.25, 0.3) is 0 Å². The maximum Gasteiger partial charge on any atom is 0.416 e. The van der Waals surface area contributed by atoms with Crippen LogP contribution in [0.15, 0.2) is 24.3 Å². The van der Waals surface area contributed by atoms with Crippen LogP contribution in [0, 0.1) is 0 Å². The Bertz CT molecular complexity index is 439. The Labute approximate surface area is 99.4 Å². The lowest BCUT2D eigenvalue weighted by atomic mass is 10.0. The van der Waals surface area contributed by atoms with Crippen molar-refractivity contribution in [3.8, 4) is 0 Å². The van der Waals surface area contributed by atoms with E-state index in [1.807, 2.05) is 0 Å². The highest BCUT2D eigenvalue weighted by molar-refractivity contribution is 5.77. The molecule has 1 rings (SSSR count). The van der Waals surface area contributed by atoms with Gasteiger partial charge in [0.05, 0.1) is 12.7 Å². The molecule has 0 aliphatic rings. The number of rotatable bonds is 3. The molecule has 2 nitrogen and oxygen atoms in total. The quantitative estimate of drug-likeness (QED) is 0.622. The highest BCUT2D eigenvalue weighted by Crippen LogP contribution is 2.34. The molecule has 100 valence electrons. The normalized spacial score (nSPS) is 12.3. The summed E-state index contributed by atoms with van der Waals surface area (Å²) < 4.78 is 67.9. The Balaban J connectivity index is 3.09. The molecular formula is C11H9F5O2. The number of methoxy groups -OCH3 is 1. The first-order chi connectivity index (χ1) is 8.18. The van der Waals surface area contributed by atoms with Crippen LogP contribution in [0.3, 0.4) is 0 Å². The van der Waals surface area contributed by atoms with E-state index in [1.54, 1.807) is 0 Å². The molecule has 0 unspecified atom stereocenters. The number of ether oxygens (including phenoxy) is 1. The SMILES string of the molecule is COC(=O)C(F)(F)Cc1ccccc1C(F)(F)F. The van der Waals surface area contributed by atoms with E-state index in [9.17, 15) is 26.7 Å². The van der Waals surface area contributed by atoms with Crippen molar-refractivity contribution in [2.45, 2.75) is 18.5 Å². The van der Waals surface area contributed by atoms with Gasteiger partial charge in [0.1, 0.15) is 0 Å². The Morgan fingerprint density at radius 3 is 2.22 bits per heavy atom. The van der Waals surface area contributed by atoms with E-state index in [0.29, 0.717) is 6.07 Å². The van der Waals surface area contributed by atoms with Crippen LogP contribution in [0.1, 0.15) is 11.1 Å². The number of carbonyl (C=O) groups is 1. The molecule has 0 radical (unpaired) electrons. The maximum absolute atomic E-state index is 13.2. The number of carbonyl (C=O) groups excluding carboxylic acids is 1. The highest BCUT2D eigenvalue weighted by Gasteiger charge is 2.43. The fraction of sp³-hybridized carbons (Fsp3) is 0.364. The molecule has 18 heavy (non-hydrogen) atoms. The summed E-state index contributed by atoms with van der Waals surface area (Å²) in [6.45, 7) is 0. The van der Waals surface area contributed by atoms with Gasteiger partial charge in [0.2, 0.25) is 0 Å². The third-order valence-electron chi connectivity index (χ3n) is 2.22. The summed E-state index contributed by atoms with van der Waals surface area (Å²) in [7, 11) is 0.742. The van der Waals surface area contributed by atoms with Crippen molar-refractivity contribution in [1.82, 2.24) is 0 Å².